The Labute approximate surface area is 268 Å². The van der Waals surface area contributed by atoms with Gasteiger partial charge in [-0.05, 0) is 68.1 Å². The summed E-state index contributed by atoms with van der Waals surface area (Å²) >= 11 is 0. The van der Waals surface area contributed by atoms with Gasteiger partial charge in [0, 0.05) is 16.3 Å². The minimum atomic E-state index is 0.630. The Bertz CT molecular complexity index is 2380. The summed E-state index contributed by atoms with van der Waals surface area (Å²) in [6.07, 6.45) is 0. The second-order valence-corrected chi connectivity index (χ2v) is 11.5. The lowest BCUT2D eigenvalue weighted by Gasteiger charge is -2.16. The highest BCUT2D eigenvalue weighted by Gasteiger charge is 2.16. The SMILES string of the molecule is [C-]#[N+]c1cccc(-c2cc3c(-c4ccc(-c5ccccc5)cc4)cc(-c4ccc(-c5ccccc5)cc4)nc3c3ccccc23)c1. The second-order valence-electron chi connectivity index (χ2n) is 11.5. The molecule has 8 rings (SSSR count). The van der Waals surface area contributed by atoms with Gasteiger partial charge in [0.05, 0.1) is 17.8 Å². The molecule has 46 heavy (non-hydrogen) atoms. The van der Waals surface area contributed by atoms with Crippen LogP contribution < -0.4 is 0 Å². The number of rotatable bonds is 5. The Morgan fingerprint density at radius 3 is 1.50 bits per heavy atom. The number of fused-ring (bicyclic) bond motifs is 3. The van der Waals surface area contributed by atoms with Gasteiger partial charge < -0.3 is 0 Å². The maximum atomic E-state index is 7.61. The molecule has 0 saturated carbocycles. The van der Waals surface area contributed by atoms with Crippen molar-refractivity contribution in [1.29, 1.82) is 0 Å². The van der Waals surface area contributed by atoms with Crippen LogP contribution in [0.15, 0.2) is 170 Å². The van der Waals surface area contributed by atoms with E-state index in [0.717, 1.165) is 55.2 Å². The number of hydrogen-bond donors (Lipinski definition) is 0. The smallest absolute Gasteiger partial charge is 0.187 e. The Balaban J connectivity index is 1.36. The fraction of sp³-hybridized carbons (Fsp3) is 0. The molecule has 2 nitrogen and oxygen atoms in total. The highest BCUT2D eigenvalue weighted by Crippen LogP contribution is 2.41. The molecule has 0 amide bonds. The molecule has 214 valence electrons. The Morgan fingerprint density at radius 1 is 0.370 bits per heavy atom. The van der Waals surface area contributed by atoms with Crippen LogP contribution in [0.4, 0.5) is 5.69 Å². The summed E-state index contributed by atoms with van der Waals surface area (Å²) < 4.78 is 0. The molecule has 0 aliphatic heterocycles. The molecule has 0 saturated heterocycles. The fourth-order valence-electron chi connectivity index (χ4n) is 6.36. The van der Waals surface area contributed by atoms with Gasteiger partial charge in [0.2, 0.25) is 0 Å². The molecular formula is C44H28N2. The lowest BCUT2D eigenvalue weighted by atomic mass is 9.90. The van der Waals surface area contributed by atoms with Gasteiger partial charge in [0.25, 0.3) is 0 Å². The first-order chi connectivity index (χ1) is 22.7. The molecule has 1 heterocycles. The van der Waals surface area contributed by atoms with E-state index in [1.165, 1.54) is 22.3 Å². The van der Waals surface area contributed by atoms with E-state index in [9.17, 15) is 0 Å². The van der Waals surface area contributed by atoms with Gasteiger partial charge >= 0.3 is 0 Å². The molecule has 0 radical (unpaired) electrons. The lowest BCUT2D eigenvalue weighted by Crippen LogP contribution is -1.93. The highest BCUT2D eigenvalue weighted by atomic mass is 14.7. The van der Waals surface area contributed by atoms with Crippen molar-refractivity contribution in [3.8, 4) is 55.8 Å². The third kappa shape index (κ3) is 5.01. The van der Waals surface area contributed by atoms with Crippen molar-refractivity contribution in [2.24, 2.45) is 0 Å². The van der Waals surface area contributed by atoms with E-state index in [-0.39, 0.29) is 0 Å². The van der Waals surface area contributed by atoms with Crippen molar-refractivity contribution in [3.63, 3.8) is 0 Å². The molecule has 2 heteroatoms. The van der Waals surface area contributed by atoms with Crippen LogP contribution in [-0.4, -0.2) is 4.98 Å². The monoisotopic (exact) mass is 584 g/mol. The van der Waals surface area contributed by atoms with Crippen LogP contribution in [0.2, 0.25) is 0 Å². The van der Waals surface area contributed by atoms with Crippen molar-refractivity contribution in [3.05, 3.63) is 181 Å². The molecule has 8 aromatic rings. The van der Waals surface area contributed by atoms with E-state index in [1.54, 1.807) is 0 Å². The van der Waals surface area contributed by atoms with Crippen molar-refractivity contribution in [2.75, 3.05) is 0 Å². The molecule has 0 spiro atoms. The van der Waals surface area contributed by atoms with Crippen molar-refractivity contribution in [2.45, 2.75) is 0 Å². The predicted molar refractivity (Wildman–Crippen MR) is 193 cm³/mol. The quantitative estimate of drug-likeness (QED) is 0.145. The third-order valence-electron chi connectivity index (χ3n) is 8.70. The minimum absolute atomic E-state index is 0.630. The minimum Gasteiger partial charge on any atom is -0.247 e. The molecule has 0 fully saturated rings. The van der Waals surface area contributed by atoms with Crippen LogP contribution in [-0.2, 0) is 0 Å². The maximum absolute atomic E-state index is 7.61. The molecule has 1 aromatic heterocycles. The summed E-state index contributed by atoms with van der Waals surface area (Å²) in [5, 5.41) is 3.29. The average molecular weight is 585 g/mol. The van der Waals surface area contributed by atoms with Gasteiger partial charge in [-0.2, -0.15) is 0 Å². The summed E-state index contributed by atoms with van der Waals surface area (Å²) in [5.74, 6) is 0. The number of nitrogens with zero attached hydrogens (tertiary/aromatic N) is 2. The van der Waals surface area contributed by atoms with E-state index >= 15 is 0 Å². The average Bonchev–Trinajstić information content (AvgIpc) is 3.15. The first-order valence-electron chi connectivity index (χ1n) is 15.4. The standard InChI is InChI=1S/C44H28N2/c1-45-37-16-10-15-36(27-37)40-28-42-41(34-23-19-32(20-24-34)30-11-4-2-5-12-30)29-43(46-44(42)39-18-9-8-17-38(39)40)35-25-21-33(22-26-35)31-13-6-3-7-14-31/h2-29H. The van der Waals surface area contributed by atoms with Crippen LogP contribution in [0.25, 0.3) is 82.3 Å². The van der Waals surface area contributed by atoms with Gasteiger partial charge in [0.15, 0.2) is 5.69 Å². The largest absolute Gasteiger partial charge is 0.247 e. The summed E-state index contributed by atoms with van der Waals surface area (Å²) in [6.45, 7) is 7.61. The Hall–Kier alpha value is -6.30. The molecule has 0 bridgehead atoms. The molecule has 0 atom stereocenters. The Kier molecular flexibility index (Phi) is 6.91. The number of hydrogen-bond acceptors (Lipinski definition) is 1. The van der Waals surface area contributed by atoms with Crippen LogP contribution in [0.3, 0.4) is 0 Å². The van der Waals surface area contributed by atoms with Crippen LogP contribution >= 0.6 is 0 Å². The van der Waals surface area contributed by atoms with E-state index in [0.29, 0.717) is 5.69 Å². The molecule has 0 N–H and O–H groups in total. The Morgan fingerprint density at radius 2 is 0.870 bits per heavy atom. The van der Waals surface area contributed by atoms with E-state index in [4.69, 9.17) is 11.6 Å². The number of pyridine rings is 1. The van der Waals surface area contributed by atoms with Gasteiger partial charge in [-0.1, -0.05) is 152 Å². The van der Waals surface area contributed by atoms with Gasteiger partial charge in [-0.3, -0.25) is 0 Å². The molecular weight excluding hydrogens is 556 g/mol. The second kappa shape index (κ2) is 11.7. The zero-order valence-electron chi connectivity index (χ0n) is 25.1. The fourth-order valence-corrected chi connectivity index (χ4v) is 6.36. The molecule has 0 aliphatic carbocycles. The number of benzene rings is 7. The number of aromatic nitrogens is 1. The predicted octanol–water partition coefficient (Wildman–Crippen LogP) is 12.3. The van der Waals surface area contributed by atoms with Crippen molar-refractivity contribution in [1.82, 2.24) is 4.98 Å². The zero-order chi connectivity index (χ0) is 30.9. The topological polar surface area (TPSA) is 17.2 Å². The third-order valence-corrected chi connectivity index (χ3v) is 8.70. The zero-order valence-corrected chi connectivity index (χ0v) is 25.1. The molecule has 7 aromatic carbocycles. The highest BCUT2D eigenvalue weighted by molar-refractivity contribution is 6.16. The first kappa shape index (κ1) is 27.3. The summed E-state index contributed by atoms with van der Waals surface area (Å²) in [6, 6.07) is 59.3. The normalized spacial score (nSPS) is 11.0. The summed E-state index contributed by atoms with van der Waals surface area (Å²) in [7, 11) is 0. The van der Waals surface area contributed by atoms with Gasteiger partial charge in [-0.25, -0.2) is 9.83 Å². The molecule has 0 aliphatic rings. The van der Waals surface area contributed by atoms with Crippen LogP contribution in [0.1, 0.15) is 0 Å². The van der Waals surface area contributed by atoms with Crippen LogP contribution in [0.5, 0.6) is 0 Å². The maximum Gasteiger partial charge on any atom is 0.187 e. The van der Waals surface area contributed by atoms with Crippen molar-refractivity contribution < 1.29 is 0 Å². The lowest BCUT2D eigenvalue weighted by molar-refractivity contribution is 1.41. The molecule has 0 unspecified atom stereocenters. The van der Waals surface area contributed by atoms with E-state index < -0.39 is 0 Å². The van der Waals surface area contributed by atoms with E-state index in [1.807, 2.05) is 30.3 Å². The van der Waals surface area contributed by atoms with Crippen molar-refractivity contribution >= 4 is 27.4 Å². The summed E-state index contributed by atoms with van der Waals surface area (Å²) in [4.78, 5) is 9.05. The van der Waals surface area contributed by atoms with E-state index in [2.05, 4.69) is 144 Å². The van der Waals surface area contributed by atoms with Gasteiger partial charge in [0.1, 0.15) is 0 Å². The first-order valence-corrected chi connectivity index (χ1v) is 15.4. The summed E-state index contributed by atoms with van der Waals surface area (Å²) in [5.41, 5.74) is 12.7. The van der Waals surface area contributed by atoms with Crippen LogP contribution in [0, 0.1) is 6.57 Å². The van der Waals surface area contributed by atoms with Gasteiger partial charge in [-0.15, -0.1) is 0 Å².